The molecule has 0 aromatic heterocycles. The van der Waals surface area contributed by atoms with Gasteiger partial charge in [-0.15, -0.1) is 0 Å². The van der Waals surface area contributed by atoms with Crippen LogP contribution in [0.1, 0.15) is 0 Å². The molecule has 0 aliphatic carbocycles. The first-order valence-electron chi connectivity index (χ1n) is 4.48. The van der Waals surface area contributed by atoms with E-state index in [0.29, 0.717) is 10.7 Å². The lowest BCUT2D eigenvalue weighted by Crippen LogP contribution is -1.85. The summed E-state index contributed by atoms with van der Waals surface area (Å²) in [4.78, 5) is 0. The summed E-state index contributed by atoms with van der Waals surface area (Å²) < 4.78 is 1.04. The van der Waals surface area contributed by atoms with Crippen LogP contribution in [-0.4, -0.2) is 0 Å². The van der Waals surface area contributed by atoms with Crippen molar-refractivity contribution in [2.45, 2.75) is 0 Å². The third-order valence-electron chi connectivity index (χ3n) is 2.13. The first-order valence-corrected chi connectivity index (χ1v) is 5.65. The Morgan fingerprint density at radius 1 is 1.07 bits per heavy atom. The van der Waals surface area contributed by atoms with E-state index in [1.807, 2.05) is 36.4 Å². The van der Waals surface area contributed by atoms with Gasteiger partial charge in [0.15, 0.2) is 0 Å². The molecule has 3 heteroatoms. The van der Waals surface area contributed by atoms with Crippen LogP contribution in [0.3, 0.4) is 0 Å². The van der Waals surface area contributed by atoms with Crippen LogP contribution in [0, 0.1) is 0 Å². The van der Waals surface area contributed by atoms with E-state index in [2.05, 4.69) is 15.9 Å². The molecule has 76 valence electrons. The summed E-state index contributed by atoms with van der Waals surface area (Å²) in [7, 11) is 0. The molecule has 0 bridgehead atoms. The Kier molecular flexibility index (Phi) is 2.98. The Labute approximate surface area is 102 Å². The fourth-order valence-corrected chi connectivity index (χ4v) is 2.12. The van der Waals surface area contributed by atoms with E-state index < -0.39 is 0 Å². The van der Waals surface area contributed by atoms with Crippen LogP contribution in [0.4, 0.5) is 5.69 Å². The summed E-state index contributed by atoms with van der Waals surface area (Å²) in [5, 5.41) is 0.674. The van der Waals surface area contributed by atoms with Crippen LogP contribution in [-0.2, 0) is 0 Å². The standard InChI is InChI=1S/C12H9BrClN/c13-9-3-1-2-8(6-9)11-5-4-10(15)7-12(11)14/h1-7H,15H2. The third-order valence-corrected chi connectivity index (χ3v) is 2.93. The Hall–Kier alpha value is -0.990. The molecule has 2 N–H and O–H groups in total. The Balaban J connectivity index is 2.54. The molecule has 0 fully saturated rings. The quantitative estimate of drug-likeness (QED) is 0.773. The molecule has 0 radical (unpaired) electrons. The van der Waals surface area contributed by atoms with Crippen molar-refractivity contribution >= 4 is 33.2 Å². The molecule has 0 spiro atoms. The average Bonchev–Trinajstić information content (AvgIpc) is 2.17. The zero-order chi connectivity index (χ0) is 10.8. The number of rotatable bonds is 1. The fraction of sp³-hybridized carbons (Fsp3) is 0. The first-order chi connectivity index (χ1) is 7.16. The minimum atomic E-state index is 0.674. The van der Waals surface area contributed by atoms with E-state index in [-0.39, 0.29) is 0 Å². The number of benzene rings is 2. The normalized spacial score (nSPS) is 10.3. The smallest absolute Gasteiger partial charge is 0.0504 e. The topological polar surface area (TPSA) is 26.0 Å². The molecule has 2 rings (SSSR count). The van der Waals surface area contributed by atoms with Crippen LogP contribution in [0.25, 0.3) is 11.1 Å². The van der Waals surface area contributed by atoms with E-state index in [4.69, 9.17) is 17.3 Å². The molecule has 0 saturated carbocycles. The maximum absolute atomic E-state index is 6.12. The zero-order valence-corrected chi connectivity index (χ0v) is 10.2. The average molecular weight is 283 g/mol. The molecule has 0 aliphatic rings. The number of halogens is 2. The Morgan fingerprint density at radius 2 is 1.87 bits per heavy atom. The van der Waals surface area contributed by atoms with Crippen molar-refractivity contribution in [3.8, 4) is 11.1 Å². The van der Waals surface area contributed by atoms with E-state index in [0.717, 1.165) is 15.6 Å². The number of nitrogens with two attached hydrogens (primary N) is 1. The van der Waals surface area contributed by atoms with Gasteiger partial charge in [0.05, 0.1) is 5.02 Å². The molecule has 0 saturated heterocycles. The molecule has 0 heterocycles. The highest BCUT2D eigenvalue weighted by atomic mass is 79.9. The van der Waals surface area contributed by atoms with Gasteiger partial charge in [0, 0.05) is 15.7 Å². The number of anilines is 1. The SMILES string of the molecule is Nc1ccc(-c2cccc(Br)c2)c(Cl)c1. The summed E-state index contributed by atoms with van der Waals surface area (Å²) in [6.45, 7) is 0. The van der Waals surface area contributed by atoms with Crippen LogP contribution in [0.5, 0.6) is 0 Å². The van der Waals surface area contributed by atoms with Crippen molar-refractivity contribution < 1.29 is 0 Å². The molecule has 0 aliphatic heterocycles. The molecule has 0 unspecified atom stereocenters. The van der Waals surface area contributed by atoms with E-state index in [1.165, 1.54) is 0 Å². The fourth-order valence-electron chi connectivity index (χ4n) is 1.42. The van der Waals surface area contributed by atoms with Crippen LogP contribution in [0.2, 0.25) is 5.02 Å². The molecule has 0 atom stereocenters. The second kappa shape index (κ2) is 4.25. The second-order valence-electron chi connectivity index (χ2n) is 3.25. The van der Waals surface area contributed by atoms with Gasteiger partial charge in [-0.1, -0.05) is 45.7 Å². The van der Waals surface area contributed by atoms with Crippen LogP contribution in [0.15, 0.2) is 46.9 Å². The molecular weight excluding hydrogens is 273 g/mol. The third kappa shape index (κ3) is 2.33. The second-order valence-corrected chi connectivity index (χ2v) is 4.57. The van der Waals surface area contributed by atoms with Crippen molar-refractivity contribution in [1.29, 1.82) is 0 Å². The molecule has 2 aromatic carbocycles. The number of nitrogen functional groups attached to an aromatic ring is 1. The molecule has 2 aromatic rings. The van der Waals surface area contributed by atoms with Gasteiger partial charge in [-0.05, 0) is 29.8 Å². The largest absolute Gasteiger partial charge is 0.399 e. The van der Waals surface area contributed by atoms with Crippen molar-refractivity contribution in [2.75, 3.05) is 5.73 Å². The maximum Gasteiger partial charge on any atom is 0.0504 e. The summed E-state index contributed by atoms with van der Waals surface area (Å²) in [5.74, 6) is 0. The summed E-state index contributed by atoms with van der Waals surface area (Å²) in [6.07, 6.45) is 0. The van der Waals surface area contributed by atoms with Gasteiger partial charge < -0.3 is 5.73 Å². The molecule has 0 amide bonds. The van der Waals surface area contributed by atoms with Gasteiger partial charge in [-0.2, -0.15) is 0 Å². The monoisotopic (exact) mass is 281 g/mol. The lowest BCUT2D eigenvalue weighted by atomic mass is 10.1. The highest BCUT2D eigenvalue weighted by Crippen LogP contribution is 2.30. The van der Waals surface area contributed by atoms with Gasteiger partial charge in [-0.3, -0.25) is 0 Å². The molecule has 15 heavy (non-hydrogen) atoms. The lowest BCUT2D eigenvalue weighted by molar-refractivity contribution is 1.59. The number of hydrogen-bond donors (Lipinski definition) is 1. The van der Waals surface area contributed by atoms with Crippen molar-refractivity contribution in [1.82, 2.24) is 0 Å². The van der Waals surface area contributed by atoms with Gasteiger partial charge in [0.1, 0.15) is 0 Å². The highest BCUT2D eigenvalue weighted by molar-refractivity contribution is 9.10. The first kappa shape index (κ1) is 10.5. The van der Waals surface area contributed by atoms with Crippen molar-refractivity contribution in [3.05, 3.63) is 52.0 Å². The molecule has 1 nitrogen and oxygen atoms in total. The Bertz CT molecular complexity index is 497. The van der Waals surface area contributed by atoms with E-state index >= 15 is 0 Å². The van der Waals surface area contributed by atoms with Gasteiger partial charge in [-0.25, -0.2) is 0 Å². The predicted molar refractivity (Wildman–Crippen MR) is 69.0 cm³/mol. The maximum atomic E-state index is 6.12. The lowest BCUT2D eigenvalue weighted by Gasteiger charge is -2.05. The van der Waals surface area contributed by atoms with Gasteiger partial charge in [0.25, 0.3) is 0 Å². The summed E-state index contributed by atoms with van der Waals surface area (Å²) in [5.41, 5.74) is 8.39. The summed E-state index contributed by atoms with van der Waals surface area (Å²) in [6, 6.07) is 13.5. The predicted octanol–water partition coefficient (Wildman–Crippen LogP) is 4.35. The highest BCUT2D eigenvalue weighted by Gasteiger charge is 2.03. The minimum Gasteiger partial charge on any atom is -0.399 e. The van der Waals surface area contributed by atoms with Gasteiger partial charge in [0.2, 0.25) is 0 Å². The van der Waals surface area contributed by atoms with Crippen molar-refractivity contribution in [2.24, 2.45) is 0 Å². The summed E-state index contributed by atoms with van der Waals surface area (Å²) >= 11 is 9.55. The van der Waals surface area contributed by atoms with Crippen molar-refractivity contribution in [3.63, 3.8) is 0 Å². The Morgan fingerprint density at radius 3 is 2.53 bits per heavy atom. The zero-order valence-electron chi connectivity index (χ0n) is 7.87. The van der Waals surface area contributed by atoms with E-state index in [1.54, 1.807) is 6.07 Å². The number of hydrogen-bond acceptors (Lipinski definition) is 1. The van der Waals surface area contributed by atoms with Crippen LogP contribution < -0.4 is 5.73 Å². The van der Waals surface area contributed by atoms with Gasteiger partial charge >= 0.3 is 0 Å². The van der Waals surface area contributed by atoms with Crippen LogP contribution >= 0.6 is 27.5 Å². The van der Waals surface area contributed by atoms with E-state index in [9.17, 15) is 0 Å². The molecular formula is C12H9BrClN. The minimum absolute atomic E-state index is 0.674.